The first-order chi connectivity index (χ1) is 11.0. The van der Waals surface area contributed by atoms with Crippen molar-refractivity contribution < 1.29 is 19.0 Å². The number of methoxy groups -OCH3 is 1. The van der Waals surface area contributed by atoms with Gasteiger partial charge in [0, 0.05) is 6.61 Å². The van der Waals surface area contributed by atoms with Gasteiger partial charge in [0.1, 0.15) is 4.88 Å². The number of thiazole rings is 1. The zero-order valence-corrected chi connectivity index (χ0v) is 14.9. The molecule has 1 fully saturated rings. The number of ether oxygens (including phenoxy) is 3. The maximum Gasteiger partial charge on any atom is 0.273 e. The number of nitrogens with zero attached hydrogens (tertiary/aromatic N) is 1. The molecule has 0 radical (unpaired) electrons. The van der Waals surface area contributed by atoms with Gasteiger partial charge in [0.15, 0.2) is 0 Å². The summed E-state index contributed by atoms with van der Waals surface area (Å²) < 4.78 is 16.5. The largest absolute Gasteiger partial charge is 0.473 e. The molecule has 2 heterocycles. The second kappa shape index (κ2) is 8.42. The molecular formula is C16H24N2O4S. The molecule has 7 heteroatoms. The molecule has 2 atom stereocenters. The van der Waals surface area contributed by atoms with Gasteiger partial charge in [-0.2, -0.15) is 0 Å². The van der Waals surface area contributed by atoms with Gasteiger partial charge in [-0.1, -0.05) is 23.0 Å². The van der Waals surface area contributed by atoms with Gasteiger partial charge < -0.3 is 19.5 Å². The Morgan fingerprint density at radius 3 is 2.96 bits per heavy atom. The highest BCUT2D eigenvalue weighted by molar-refractivity contribution is 7.15. The van der Waals surface area contributed by atoms with Crippen LogP contribution in [-0.4, -0.2) is 50.0 Å². The fourth-order valence-corrected chi connectivity index (χ4v) is 3.08. The van der Waals surface area contributed by atoms with E-state index in [0.29, 0.717) is 35.6 Å². The van der Waals surface area contributed by atoms with Gasteiger partial charge in [-0.25, -0.2) is 4.98 Å². The monoisotopic (exact) mass is 340 g/mol. The molecule has 2 rings (SSSR count). The number of carbonyl (C=O) groups is 1. The maximum atomic E-state index is 12.5. The molecule has 128 valence electrons. The molecule has 1 amide bonds. The second-order valence-corrected chi connectivity index (χ2v) is 6.66. The van der Waals surface area contributed by atoms with Gasteiger partial charge in [-0.05, 0) is 27.2 Å². The van der Waals surface area contributed by atoms with Gasteiger partial charge in [-0.15, -0.1) is 0 Å². The van der Waals surface area contributed by atoms with E-state index in [1.807, 2.05) is 19.9 Å². The summed E-state index contributed by atoms with van der Waals surface area (Å²) in [4.78, 5) is 17.2. The van der Waals surface area contributed by atoms with Crippen LogP contribution in [-0.2, 0) is 9.47 Å². The number of hydrogen-bond donors (Lipinski definition) is 1. The number of carbonyl (C=O) groups excluding carboxylic acids is 1. The molecule has 1 saturated heterocycles. The van der Waals surface area contributed by atoms with Gasteiger partial charge in [0.25, 0.3) is 11.1 Å². The van der Waals surface area contributed by atoms with E-state index in [9.17, 15) is 4.79 Å². The zero-order chi connectivity index (χ0) is 16.8. The van der Waals surface area contributed by atoms with Crippen molar-refractivity contribution in [3.05, 3.63) is 22.2 Å². The van der Waals surface area contributed by atoms with E-state index in [-0.39, 0.29) is 18.1 Å². The zero-order valence-electron chi connectivity index (χ0n) is 14.0. The summed E-state index contributed by atoms with van der Waals surface area (Å²) in [5, 5.41) is 3.50. The molecule has 1 aliphatic rings. The average Bonchev–Trinajstić information content (AvgIpc) is 2.90. The first-order valence-corrected chi connectivity index (χ1v) is 8.48. The molecule has 1 aliphatic heterocycles. The smallest absolute Gasteiger partial charge is 0.273 e. The van der Waals surface area contributed by atoms with Crippen molar-refractivity contribution in [2.45, 2.75) is 39.3 Å². The number of amides is 1. The number of aryl methyl sites for hydroxylation is 1. The Hall–Kier alpha value is -1.44. The minimum atomic E-state index is -0.158. The van der Waals surface area contributed by atoms with Crippen molar-refractivity contribution in [3.8, 4) is 5.19 Å². The molecule has 0 bridgehead atoms. The summed E-state index contributed by atoms with van der Waals surface area (Å²) in [6.07, 6.45) is 2.76. The fraction of sp³-hybridized carbons (Fsp3) is 0.625. The molecular weight excluding hydrogens is 316 g/mol. The van der Waals surface area contributed by atoms with E-state index in [2.05, 4.69) is 10.3 Å². The van der Waals surface area contributed by atoms with Gasteiger partial charge in [-0.3, -0.25) is 4.79 Å². The van der Waals surface area contributed by atoms with E-state index in [1.165, 1.54) is 16.9 Å². The van der Waals surface area contributed by atoms with Crippen LogP contribution in [0, 0.1) is 6.92 Å². The Morgan fingerprint density at radius 1 is 1.52 bits per heavy atom. The molecule has 0 unspecified atom stereocenters. The lowest BCUT2D eigenvalue weighted by atomic mass is 10.1. The number of nitrogens with one attached hydrogen (secondary N) is 1. The summed E-state index contributed by atoms with van der Waals surface area (Å²) >= 11 is 1.24. The Labute approximate surface area is 140 Å². The highest BCUT2D eigenvalue weighted by Crippen LogP contribution is 2.24. The van der Waals surface area contributed by atoms with E-state index >= 15 is 0 Å². The van der Waals surface area contributed by atoms with E-state index < -0.39 is 0 Å². The van der Waals surface area contributed by atoms with Crippen LogP contribution in [0.15, 0.2) is 11.6 Å². The van der Waals surface area contributed by atoms with Crippen molar-refractivity contribution in [1.82, 2.24) is 10.3 Å². The topological polar surface area (TPSA) is 69.7 Å². The predicted molar refractivity (Wildman–Crippen MR) is 89.3 cm³/mol. The van der Waals surface area contributed by atoms with Gasteiger partial charge in [0.2, 0.25) is 0 Å². The first kappa shape index (κ1) is 17.9. The number of hydrogen-bond acceptors (Lipinski definition) is 6. The number of rotatable bonds is 6. The van der Waals surface area contributed by atoms with Crippen LogP contribution in [0.25, 0.3) is 0 Å². The standard InChI is InChI=1S/C16H24N2O4S/c1-10(2)5-8-22-13-6-7-21-9-12(13)18-15(19)14-11(3)17-16(20-4)23-14/h5,12-13H,6-9H2,1-4H3,(H,18,19)/t12-,13+/m1/s1. The van der Waals surface area contributed by atoms with Crippen LogP contribution >= 0.6 is 11.3 Å². The number of aromatic nitrogens is 1. The van der Waals surface area contributed by atoms with Gasteiger partial charge >= 0.3 is 0 Å². The quantitative estimate of drug-likeness (QED) is 0.805. The van der Waals surface area contributed by atoms with Crippen LogP contribution in [0.3, 0.4) is 0 Å². The van der Waals surface area contributed by atoms with Crippen molar-refractivity contribution >= 4 is 17.2 Å². The summed E-state index contributed by atoms with van der Waals surface area (Å²) in [6, 6.07) is -0.158. The lowest BCUT2D eigenvalue weighted by molar-refractivity contribution is -0.0457. The van der Waals surface area contributed by atoms with Crippen LogP contribution in [0.5, 0.6) is 5.19 Å². The van der Waals surface area contributed by atoms with E-state index in [4.69, 9.17) is 14.2 Å². The third-order valence-electron chi connectivity index (χ3n) is 3.57. The maximum absolute atomic E-state index is 12.5. The highest BCUT2D eigenvalue weighted by atomic mass is 32.1. The Morgan fingerprint density at radius 2 is 2.30 bits per heavy atom. The van der Waals surface area contributed by atoms with Crippen LogP contribution in [0.4, 0.5) is 0 Å². The van der Waals surface area contributed by atoms with Crippen molar-refractivity contribution in [1.29, 1.82) is 0 Å². The number of allylic oxidation sites excluding steroid dienone is 1. The molecule has 1 aromatic heterocycles. The second-order valence-electron chi connectivity index (χ2n) is 5.70. The molecule has 0 saturated carbocycles. The molecule has 0 spiro atoms. The Bertz CT molecular complexity index is 566. The molecule has 23 heavy (non-hydrogen) atoms. The van der Waals surface area contributed by atoms with E-state index in [1.54, 1.807) is 14.0 Å². The summed E-state index contributed by atoms with van der Waals surface area (Å²) in [5.41, 5.74) is 1.88. The third-order valence-corrected chi connectivity index (χ3v) is 4.69. The summed E-state index contributed by atoms with van der Waals surface area (Å²) in [5.74, 6) is -0.158. The Kier molecular flexibility index (Phi) is 6.56. The molecule has 1 aromatic rings. The highest BCUT2D eigenvalue weighted by Gasteiger charge is 2.29. The first-order valence-electron chi connectivity index (χ1n) is 7.66. The summed E-state index contributed by atoms with van der Waals surface area (Å²) in [6.45, 7) is 7.53. The van der Waals surface area contributed by atoms with Crippen LogP contribution < -0.4 is 10.1 Å². The SMILES string of the molecule is COc1nc(C)c(C(=O)N[C@@H]2COCC[C@@H]2OCC=C(C)C)s1. The minimum absolute atomic E-state index is 0.0431. The molecule has 0 aromatic carbocycles. The third kappa shape index (κ3) is 5.02. The average molecular weight is 340 g/mol. The molecule has 0 aliphatic carbocycles. The van der Waals surface area contributed by atoms with Gasteiger partial charge in [0.05, 0.1) is 38.2 Å². The van der Waals surface area contributed by atoms with E-state index in [0.717, 1.165) is 6.42 Å². The predicted octanol–water partition coefficient (Wildman–Crippen LogP) is 2.33. The van der Waals surface area contributed by atoms with Crippen molar-refractivity contribution in [2.24, 2.45) is 0 Å². The molecule has 6 nitrogen and oxygen atoms in total. The minimum Gasteiger partial charge on any atom is -0.473 e. The van der Waals surface area contributed by atoms with Crippen molar-refractivity contribution in [3.63, 3.8) is 0 Å². The summed E-state index contributed by atoms with van der Waals surface area (Å²) in [7, 11) is 1.54. The lowest BCUT2D eigenvalue weighted by Gasteiger charge is -2.31. The molecule has 1 N–H and O–H groups in total. The fourth-order valence-electron chi connectivity index (χ4n) is 2.29. The Balaban J connectivity index is 1.98. The normalized spacial score (nSPS) is 20.9. The van der Waals surface area contributed by atoms with Crippen LogP contribution in [0.1, 0.15) is 35.6 Å². The lowest BCUT2D eigenvalue weighted by Crippen LogP contribution is -2.50. The van der Waals surface area contributed by atoms with Crippen molar-refractivity contribution in [2.75, 3.05) is 26.9 Å². The van der Waals surface area contributed by atoms with Crippen LogP contribution in [0.2, 0.25) is 0 Å².